The highest BCUT2D eigenvalue weighted by atomic mass is 16.3. The number of rotatable bonds is 2. The number of aryl methyl sites for hydroxylation is 2. The number of amides is 1. The number of aliphatic hydroxyl groups is 1. The number of aromatic amines is 1. The van der Waals surface area contributed by atoms with Gasteiger partial charge in [0.05, 0.1) is 24.6 Å². The van der Waals surface area contributed by atoms with Gasteiger partial charge in [-0.25, -0.2) is 0 Å². The van der Waals surface area contributed by atoms with Crippen LogP contribution in [0.4, 0.5) is 0 Å². The van der Waals surface area contributed by atoms with Gasteiger partial charge in [0.15, 0.2) is 0 Å². The number of β-amino-alcohol motifs (C(OH)–C–C–N with tert-alkyl or cyclic N) is 1. The van der Waals surface area contributed by atoms with Crippen molar-refractivity contribution in [2.75, 3.05) is 13.1 Å². The summed E-state index contributed by atoms with van der Waals surface area (Å²) in [6, 6.07) is 0. The zero-order valence-corrected chi connectivity index (χ0v) is 12.1. The van der Waals surface area contributed by atoms with Crippen molar-refractivity contribution in [3.8, 4) is 0 Å². The van der Waals surface area contributed by atoms with Crippen LogP contribution in [0.1, 0.15) is 40.2 Å². The number of furan rings is 1. The summed E-state index contributed by atoms with van der Waals surface area (Å²) in [7, 11) is 0. The average molecular weight is 290 g/mol. The lowest BCUT2D eigenvalue weighted by Crippen LogP contribution is -2.49. The molecule has 1 aliphatic rings. The highest BCUT2D eigenvalue weighted by molar-refractivity contribution is 5.96. The molecule has 0 spiro atoms. The fourth-order valence-electron chi connectivity index (χ4n) is 2.89. The van der Waals surface area contributed by atoms with E-state index >= 15 is 0 Å². The summed E-state index contributed by atoms with van der Waals surface area (Å²) < 4.78 is 5.29. The van der Waals surface area contributed by atoms with Crippen LogP contribution in [-0.2, 0) is 5.60 Å². The first-order valence-corrected chi connectivity index (χ1v) is 6.94. The molecule has 21 heavy (non-hydrogen) atoms. The summed E-state index contributed by atoms with van der Waals surface area (Å²) in [4.78, 5) is 14.3. The molecule has 2 aromatic heterocycles. The molecule has 7 nitrogen and oxygen atoms in total. The molecular formula is C14H18N4O3. The molecule has 1 saturated heterocycles. The molecule has 1 atom stereocenters. The minimum atomic E-state index is -1.15. The first-order valence-electron chi connectivity index (χ1n) is 6.94. The smallest absolute Gasteiger partial charge is 0.257 e. The number of nitrogens with one attached hydrogen (secondary N) is 1. The van der Waals surface area contributed by atoms with Gasteiger partial charge in [0.2, 0.25) is 0 Å². The fraction of sp³-hybridized carbons (Fsp3) is 0.500. The van der Waals surface area contributed by atoms with Crippen molar-refractivity contribution in [2.24, 2.45) is 0 Å². The van der Waals surface area contributed by atoms with Crippen LogP contribution in [0, 0.1) is 13.8 Å². The van der Waals surface area contributed by atoms with E-state index in [1.807, 2.05) is 6.92 Å². The van der Waals surface area contributed by atoms with Gasteiger partial charge >= 0.3 is 0 Å². The third-order valence-corrected chi connectivity index (χ3v) is 4.02. The van der Waals surface area contributed by atoms with Gasteiger partial charge in [-0.3, -0.25) is 4.79 Å². The highest BCUT2D eigenvalue weighted by Crippen LogP contribution is 2.31. The summed E-state index contributed by atoms with van der Waals surface area (Å²) in [5.41, 5.74) is 0.722. The molecule has 112 valence electrons. The summed E-state index contributed by atoms with van der Waals surface area (Å²) in [6.07, 6.45) is 4.36. The van der Waals surface area contributed by atoms with Crippen LogP contribution in [0.5, 0.6) is 0 Å². The third kappa shape index (κ3) is 2.33. The van der Waals surface area contributed by atoms with Crippen LogP contribution >= 0.6 is 0 Å². The Morgan fingerprint density at radius 2 is 2.33 bits per heavy atom. The molecule has 0 aliphatic carbocycles. The largest absolute Gasteiger partial charge is 0.469 e. The van der Waals surface area contributed by atoms with Crippen LogP contribution < -0.4 is 0 Å². The number of likely N-dealkylation sites (tertiary alicyclic amines) is 1. The lowest BCUT2D eigenvalue weighted by Gasteiger charge is -2.38. The number of nitrogens with zero attached hydrogens (tertiary/aromatic N) is 3. The second-order valence-corrected chi connectivity index (χ2v) is 5.57. The van der Waals surface area contributed by atoms with Crippen LogP contribution in [0.2, 0.25) is 0 Å². The van der Waals surface area contributed by atoms with E-state index in [0.717, 1.165) is 5.56 Å². The number of carbonyl (C=O) groups is 1. The topological polar surface area (TPSA) is 95.3 Å². The Morgan fingerprint density at radius 1 is 1.52 bits per heavy atom. The van der Waals surface area contributed by atoms with Crippen molar-refractivity contribution < 1.29 is 14.3 Å². The normalized spacial score (nSPS) is 22.5. The molecule has 2 N–H and O–H groups in total. The molecule has 2 aromatic rings. The standard InChI is InChI=1S/C14H18N4O3/c1-9-7-21-10(2)12(9)13(19)18-5-3-4-14(20,8-18)11-6-15-17-16-11/h6-7,20H,3-5,8H2,1-2H3,(H,15,16,17). The van der Waals surface area contributed by atoms with E-state index in [9.17, 15) is 9.90 Å². The van der Waals surface area contributed by atoms with Gasteiger partial charge in [-0.15, -0.1) is 0 Å². The maximum atomic E-state index is 12.7. The molecule has 0 saturated carbocycles. The van der Waals surface area contributed by atoms with Crippen molar-refractivity contribution in [2.45, 2.75) is 32.3 Å². The molecule has 0 radical (unpaired) electrons. The second-order valence-electron chi connectivity index (χ2n) is 5.57. The van der Waals surface area contributed by atoms with E-state index < -0.39 is 5.60 Å². The Balaban J connectivity index is 1.85. The molecule has 1 aliphatic heterocycles. The predicted octanol–water partition coefficient (Wildman–Crippen LogP) is 1.14. The molecule has 3 rings (SSSR count). The van der Waals surface area contributed by atoms with Crippen molar-refractivity contribution in [1.29, 1.82) is 0 Å². The Morgan fingerprint density at radius 3 is 2.95 bits per heavy atom. The van der Waals surface area contributed by atoms with Crippen molar-refractivity contribution in [1.82, 2.24) is 20.3 Å². The average Bonchev–Trinajstić information content (AvgIpc) is 3.09. The maximum Gasteiger partial charge on any atom is 0.257 e. The molecule has 0 bridgehead atoms. The Hall–Kier alpha value is -2.15. The maximum absolute atomic E-state index is 12.7. The highest BCUT2D eigenvalue weighted by Gasteiger charge is 2.39. The first-order chi connectivity index (χ1) is 10.0. The lowest BCUT2D eigenvalue weighted by atomic mass is 9.89. The minimum Gasteiger partial charge on any atom is -0.469 e. The van der Waals surface area contributed by atoms with E-state index in [2.05, 4.69) is 15.4 Å². The molecular weight excluding hydrogens is 272 g/mol. The van der Waals surface area contributed by atoms with Crippen LogP contribution in [0.3, 0.4) is 0 Å². The van der Waals surface area contributed by atoms with Gasteiger partial charge < -0.3 is 14.4 Å². The molecule has 1 amide bonds. The lowest BCUT2D eigenvalue weighted by molar-refractivity contribution is -0.0321. The molecule has 1 fully saturated rings. The molecule has 3 heterocycles. The predicted molar refractivity (Wildman–Crippen MR) is 73.6 cm³/mol. The molecule has 0 aromatic carbocycles. The van der Waals surface area contributed by atoms with Gasteiger partial charge in [0.1, 0.15) is 17.1 Å². The Bertz CT molecular complexity index is 630. The van der Waals surface area contributed by atoms with E-state index in [0.29, 0.717) is 36.4 Å². The fourth-order valence-corrected chi connectivity index (χ4v) is 2.89. The first kappa shape index (κ1) is 13.8. The quantitative estimate of drug-likeness (QED) is 0.864. The summed E-state index contributed by atoms with van der Waals surface area (Å²) >= 11 is 0. The van der Waals surface area contributed by atoms with E-state index in [-0.39, 0.29) is 12.5 Å². The van der Waals surface area contributed by atoms with E-state index in [1.54, 1.807) is 18.1 Å². The van der Waals surface area contributed by atoms with Crippen LogP contribution in [-0.4, -0.2) is 44.4 Å². The zero-order chi connectivity index (χ0) is 15.0. The number of aromatic nitrogens is 3. The number of H-pyrrole nitrogens is 1. The summed E-state index contributed by atoms with van der Waals surface area (Å²) in [5, 5.41) is 20.9. The zero-order valence-electron chi connectivity index (χ0n) is 12.1. The van der Waals surface area contributed by atoms with E-state index in [4.69, 9.17) is 4.42 Å². The van der Waals surface area contributed by atoms with E-state index in [1.165, 1.54) is 6.20 Å². The summed E-state index contributed by atoms with van der Waals surface area (Å²) in [5.74, 6) is 0.494. The van der Waals surface area contributed by atoms with Gasteiger partial charge in [-0.05, 0) is 26.7 Å². The van der Waals surface area contributed by atoms with Crippen LogP contribution in [0.15, 0.2) is 16.9 Å². The third-order valence-electron chi connectivity index (χ3n) is 4.02. The van der Waals surface area contributed by atoms with Gasteiger partial charge in [0, 0.05) is 12.1 Å². The van der Waals surface area contributed by atoms with Gasteiger partial charge in [0.25, 0.3) is 5.91 Å². The minimum absolute atomic E-state index is 0.111. The van der Waals surface area contributed by atoms with Crippen LogP contribution in [0.25, 0.3) is 0 Å². The second kappa shape index (κ2) is 5.00. The number of piperidine rings is 1. The summed E-state index contributed by atoms with van der Waals surface area (Å²) in [6.45, 7) is 4.44. The monoisotopic (exact) mass is 290 g/mol. The number of carbonyl (C=O) groups excluding carboxylic acids is 1. The van der Waals surface area contributed by atoms with Crippen molar-refractivity contribution >= 4 is 5.91 Å². The van der Waals surface area contributed by atoms with Gasteiger partial charge in [-0.1, -0.05) is 0 Å². The molecule has 1 unspecified atom stereocenters. The van der Waals surface area contributed by atoms with Crippen molar-refractivity contribution in [3.63, 3.8) is 0 Å². The Labute approximate surface area is 121 Å². The van der Waals surface area contributed by atoms with Crippen molar-refractivity contribution in [3.05, 3.63) is 35.0 Å². The number of hydrogen-bond acceptors (Lipinski definition) is 5. The Kier molecular flexibility index (Phi) is 3.29. The van der Waals surface area contributed by atoms with Gasteiger partial charge in [-0.2, -0.15) is 15.4 Å². The number of hydrogen-bond donors (Lipinski definition) is 2. The SMILES string of the molecule is Cc1coc(C)c1C(=O)N1CCCC(O)(c2cn[nH]n2)C1. The molecule has 7 heteroatoms.